The molecule has 11 heteroatoms. The number of aryl methyl sites for hydroxylation is 2. The Kier molecular flexibility index (Phi) is 6.99. The van der Waals surface area contributed by atoms with Crippen molar-refractivity contribution in [1.29, 1.82) is 0 Å². The molecule has 3 aliphatic rings. The number of hydroxylamine groups is 1. The molecule has 2 aliphatic carbocycles. The number of nitrogens with one attached hydrogen (secondary N) is 2. The number of rotatable bonds is 6. The van der Waals surface area contributed by atoms with Crippen molar-refractivity contribution in [1.82, 2.24) is 9.97 Å². The number of ether oxygens (including phenoxy) is 1. The van der Waals surface area contributed by atoms with Gasteiger partial charge in [-0.05, 0) is 73.6 Å². The Bertz CT molecular complexity index is 1210. The van der Waals surface area contributed by atoms with Crippen molar-refractivity contribution in [2.24, 2.45) is 0 Å². The number of fused-ring (bicyclic) bond motifs is 2. The number of aromatic nitrogens is 2. The van der Waals surface area contributed by atoms with Crippen molar-refractivity contribution in [3.05, 3.63) is 51.7 Å². The number of carbonyl (C=O) groups is 1. The second-order valence-electron chi connectivity index (χ2n) is 10.1. The number of carbonyl (C=O) groups excluding carboxylic acids is 1. The van der Waals surface area contributed by atoms with Crippen LogP contribution in [-0.4, -0.2) is 43.7 Å². The zero-order chi connectivity index (χ0) is 25.4. The third-order valence-corrected chi connectivity index (χ3v) is 9.02. The van der Waals surface area contributed by atoms with Gasteiger partial charge in [0.1, 0.15) is 5.82 Å². The molecule has 0 radical (unpaired) electrons. The molecular weight excluding hydrogens is 482 g/mol. The van der Waals surface area contributed by atoms with Crippen LogP contribution in [0.5, 0.6) is 0 Å². The van der Waals surface area contributed by atoms with Crippen molar-refractivity contribution >= 4 is 27.6 Å². The monoisotopic (exact) mass is 515 g/mol. The molecule has 36 heavy (non-hydrogen) atoms. The molecule has 0 saturated carbocycles. The Labute approximate surface area is 211 Å². The maximum atomic E-state index is 13.7. The molecule has 1 saturated heterocycles. The first-order valence-electron chi connectivity index (χ1n) is 12.7. The molecule has 10 nitrogen and oxygen atoms in total. The number of anilines is 2. The van der Waals surface area contributed by atoms with E-state index in [2.05, 4.69) is 21.4 Å². The first-order valence-corrected chi connectivity index (χ1v) is 14.2. The van der Waals surface area contributed by atoms with Gasteiger partial charge in [0, 0.05) is 19.1 Å². The number of nitrogens with zero attached hydrogens (tertiary/aromatic N) is 3. The molecule has 194 valence electrons. The molecule has 5 rings (SSSR count). The largest absolute Gasteiger partial charge is 0.608 e. The van der Waals surface area contributed by atoms with Gasteiger partial charge in [-0.25, -0.2) is 19.1 Å². The summed E-state index contributed by atoms with van der Waals surface area (Å²) in [4.78, 5) is 21.8. The zero-order valence-electron chi connectivity index (χ0n) is 20.7. The highest BCUT2D eigenvalue weighted by Gasteiger charge is 2.40. The lowest BCUT2D eigenvalue weighted by Crippen LogP contribution is -3.14. The van der Waals surface area contributed by atoms with E-state index in [0.717, 1.165) is 54.0 Å². The third-order valence-electron chi connectivity index (χ3n) is 7.34. The lowest BCUT2D eigenvalue weighted by Gasteiger charge is -2.35. The van der Waals surface area contributed by atoms with E-state index in [4.69, 9.17) is 4.74 Å². The highest BCUT2D eigenvalue weighted by atomic mass is 32.2. The average molecular weight is 516 g/mol. The summed E-state index contributed by atoms with van der Waals surface area (Å²) in [6, 6.07) is 0.562. The number of hydrogen-bond acceptors (Lipinski definition) is 7. The molecule has 1 atom stereocenters. The second kappa shape index (κ2) is 10.0. The van der Waals surface area contributed by atoms with E-state index >= 15 is 0 Å². The van der Waals surface area contributed by atoms with E-state index in [1.165, 1.54) is 23.5 Å². The lowest BCUT2D eigenvalue weighted by molar-refractivity contribution is -0.604. The second-order valence-corrected chi connectivity index (χ2v) is 11.8. The number of amides is 2. The van der Waals surface area contributed by atoms with Gasteiger partial charge in [-0.2, -0.15) is 12.9 Å². The number of benzene rings is 1. The highest BCUT2D eigenvalue weighted by Crippen LogP contribution is 2.38. The van der Waals surface area contributed by atoms with E-state index < -0.39 is 26.8 Å². The quantitative estimate of drug-likeness (QED) is 0.565. The van der Waals surface area contributed by atoms with Crippen LogP contribution in [-0.2, 0) is 40.6 Å². The van der Waals surface area contributed by atoms with Gasteiger partial charge in [-0.3, -0.25) is 5.32 Å². The Hall–Kier alpha value is -2.60. The first-order chi connectivity index (χ1) is 17.3. The normalized spacial score (nSPS) is 18.7. The van der Waals surface area contributed by atoms with Crippen molar-refractivity contribution in [2.75, 3.05) is 22.8 Å². The minimum absolute atomic E-state index is 0.0638. The van der Waals surface area contributed by atoms with Gasteiger partial charge in [0.25, 0.3) is 0 Å². The summed E-state index contributed by atoms with van der Waals surface area (Å²) in [5.41, 5.74) is 5.27. The molecule has 1 aromatic carbocycles. The maximum Gasteiger partial charge on any atom is 0.436 e. The molecule has 1 unspecified atom stereocenters. The summed E-state index contributed by atoms with van der Waals surface area (Å²) in [6.07, 6.45) is 9.09. The summed E-state index contributed by atoms with van der Waals surface area (Å²) >= 11 is 0. The van der Waals surface area contributed by atoms with Crippen LogP contribution in [0.3, 0.4) is 0 Å². The minimum Gasteiger partial charge on any atom is -0.608 e. The molecule has 1 fully saturated rings. The van der Waals surface area contributed by atoms with E-state index in [1.54, 1.807) is 0 Å². The summed E-state index contributed by atoms with van der Waals surface area (Å²) in [6.45, 7) is 4.61. The molecular formula is C25H33N5O5S. The summed E-state index contributed by atoms with van der Waals surface area (Å²) in [5.74, 6) is 0.632. The van der Waals surface area contributed by atoms with Crippen LogP contribution in [0.15, 0.2) is 18.5 Å². The maximum absolute atomic E-state index is 13.7. The minimum atomic E-state index is -4.69. The predicted molar refractivity (Wildman–Crippen MR) is 135 cm³/mol. The van der Waals surface area contributed by atoms with Crippen molar-refractivity contribution < 1.29 is 22.4 Å². The summed E-state index contributed by atoms with van der Waals surface area (Å²) in [7, 11) is -4.69. The number of quaternary nitrogens is 1. The molecule has 2 amide bonds. The lowest BCUT2D eigenvalue weighted by atomic mass is 9.99. The van der Waals surface area contributed by atoms with Crippen molar-refractivity contribution in [3.8, 4) is 0 Å². The van der Waals surface area contributed by atoms with Gasteiger partial charge in [0.05, 0.1) is 29.8 Å². The molecule has 1 aliphatic heterocycles. The van der Waals surface area contributed by atoms with Gasteiger partial charge in [0.2, 0.25) is 0 Å². The van der Waals surface area contributed by atoms with Crippen LogP contribution in [0.1, 0.15) is 73.5 Å². The molecule has 0 spiro atoms. The Morgan fingerprint density at radius 2 is 1.67 bits per heavy atom. The van der Waals surface area contributed by atoms with Gasteiger partial charge >= 0.3 is 16.2 Å². The van der Waals surface area contributed by atoms with E-state index in [-0.39, 0.29) is 11.6 Å². The van der Waals surface area contributed by atoms with Crippen LogP contribution in [0.25, 0.3) is 0 Å². The molecule has 2 N–H and O–H groups in total. The first kappa shape index (κ1) is 25.1. The third kappa shape index (κ3) is 4.60. The highest BCUT2D eigenvalue weighted by molar-refractivity contribution is 7.86. The number of urea groups is 1. The zero-order valence-corrected chi connectivity index (χ0v) is 21.6. The van der Waals surface area contributed by atoms with Gasteiger partial charge in [0.15, 0.2) is 0 Å². The van der Waals surface area contributed by atoms with E-state index in [1.807, 2.05) is 13.8 Å². The standard InChI is InChI=1S/C25H33N5O5S/c1-16(2)24-26-14-20(15-27-24)29(19-9-11-35-12-10-19)36(33,34)30(32)25(31)28-23-21-7-3-5-17(21)13-18-6-4-8-22(18)23/h13-16,19,30H,3-12H2,1-2H3,(H,28,31). The SMILES string of the molecule is CC(C)c1ncc(N(C2CCOCC2)S(=O)(=O)[NH+]([O-])C(=O)Nc2c3c(cc4c2CCC4)CCC3)cn1. The van der Waals surface area contributed by atoms with Crippen LogP contribution in [0.4, 0.5) is 16.2 Å². The van der Waals surface area contributed by atoms with Gasteiger partial charge in [-0.1, -0.05) is 19.9 Å². The van der Waals surface area contributed by atoms with Crippen LogP contribution in [0.2, 0.25) is 0 Å². The Morgan fingerprint density at radius 1 is 1.08 bits per heavy atom. The topological polar surface area (TPSA) is 129 Å². The molecule has 0 bridgehead atoms. The number of hydrogen-bond donors (Lipinski definition) is 2. The Balaban J connectivity index is 1.46. The molecule has 2 aromatic rings. The van der Waals surface area contributed by atoms with Gasteiger partial charge in [-0.15, -0.1) is 0 Å². The van der Waals surface area contributed by atoms with Crippen LogP contribution in [0, 0.1) is 5.21 Å². The van der Waals surface area contributed by atoms with Gasteiger partial charge < -0.3 is 9.94 Å². The van der Waals surface area contributed by atoms with Crippen molar-refractivity contribution in [3.63, 3.8) is 0 Å². The molecule has 1 aromatic heterocycles. The summed E-state index contributed by atoms with van der Waals surface area (Å²) in [5, 5.41) is 16.0. The fraction of sp³-hybridized carbons (Fsp3) is 0.560. The average Bonchev–Trinajstić information content (AvgIpc) is 3.54. The molecule has 2 heterocycles. The van der Waals surface area contributed by atoms with E-state index in [0.29, 0.717) is 37.6 Å². The smallest absolute Gasteiger partial charge is 0.436 e. The fourth-order valence-corrected chi connectivity index (χ4v) is 6.99. The predicted octanol–water partition coefficient (Wildman–Crippen LogP) is 2.42. The van der Waals surface area contributed by atoms with Crippen molar-refractivity contribution in [2.45, 2.75) is 77.2 Å². The fourth-order valence-electron chi connectivity index (χ4n) is 5.55. The van der Waals surface area contributed by atoms with Crippen LogP contribution < -0.4 is 14.1 Å². The van der Waals surface area contributed by atoms with Crippen LogP contribution >= 0.6 is 0 Å². The summed E-state index contributed by atoms with van der Waals surface area (Å²) < 4.78 is 32.3. The van der Waals surface area contributed by atoms with E-state index in [9.17, 15) is 18.4 Å². The Morgan fingerprint density at radius 3 is 2.22 bits per heavy atom.